The first kappa shape index (κ1) is 21.6. The number of carbonyl (C=O) groups is 1. The smallest absolute Gasteiger partial charge is 0.232 e. The van der Waals surface area contributed by atoms with Gasteiger partial charge in [0.05, 0.1) is 17.6 Å². The molecule has 2 aromatic rings. The van der Waals surface area contributed by atoms with Gasteiger partial charge in [0.1, 0.15) is 5.82 Å². The van der Waals surface area contributed by atoms with Crippen molar-refractivity contribution in [2.45, 2.75) is 18.8 Å². The summed E-state index contributed by atoms with van der Waals surface area (Å²) < 4.78 is 0. The molecular weight excluding hydrogens is 406 g/mol. The molecule has 1 aromatic heterocycles. The van der Waals surface area contributed by atoms with Crippen LogP contribution in [-0.2, 0) is 10.2 Å². The van der Waals surface area contributed by atoms with Crippen LogP contribution in [0.4, 0.5) is 0 Å². The summed E-state index contributed by atoms with van der Waals surface area (Å²) in [7, 11) is 1.76. The molecule has 7 heteroatoms. The second kappa shape index (κ2) is 8.83. The number of piperazine rings is 1. The minimum Gasteiger partial charge on any atom is -0.385 e. The second-order valence-electron chi connectivity index (χ2n) is 8.57. The highest BCUT2D eigenvalue weighted by Gasteiger charge is 2.45. The van der Waals surface area contributed by atoms with Crippen LogP contribution in [0.3, 0.4) is 0 Å². The molecule has 1 amide bonds. The molecule has 6 nitrogen and oxygen atoms in total. The van der Waals surface area contributed by atoms with Gasteiger partial charge in [-0.3, -0.25) is 4.79 Å². The number of hydrogen-bond donors (Lipinski definition) is 2. The van der Waals surface area contributed by atoms with Crippen molar-refractivity contribution in [2.24, 2.45) is 11.7 Å². The highest BCUT2D eigenvalue weighted by Crippen LogP contribution is 2.44. The lowest BCUT2D eigenvalue weighted by molar-refractivity contribution is -0.135. The van der Waals surface area contributed by atoms with Crippen LogP contribution >= 0.6 is 11.3 Å². The van der Waals surface area contributed by atoms with Crippen LogP contribution in [0.2, 0.25) is 0 Å². The number of nitrogens with zero attached hydrogens (tertiary/aromatic N) is 3. The van der Waals surface area contributed by atoms with E-state index < -0.39 is 5.41 Å². The maximum absolute atomic E-state index is 13.3. The van der Waals surface area contributed by atoms with E-state index in [0.717, 1.165) is 55.1 Å². The lowest BCUT2D eigenvalue weighted by atomic mass is 9.71. The van der Waals surface area contributed by atoms with Gasteiger partial charge in [-0.2, -0.15) is 5.26 Å². The van der Waals surface area contributed by atoms with Gasteiger partial charge >= 0.3 is 0 Å². The fourth-order valence-electron chi connectivity index (χ4n) is 4.57. The Morgan fingerprint density at radius 1 is 1.29 bits per heavy atom. The van der Waals surface area contributed by atoms with Crippen LogP contribution in [0, 0.1) is 17.2 Å². The SMILES string of the molecule is CN1C(=O)[C@H](CCN2CCNCC2)[C@@](C)(c2cc(-c3cccc(C#N)c3)cs2)C=C1N. The van der Waals surface area contributed by atoms with Crippen LogP contribution in [0.25, 0.3) is 11.1 Å². The van der Waals surface area contributed by atoms with E-state index in [1.165, 1.54) is 0 Å². The first-order valence-corrected chi connectivity index (χ1v) is 11.6. The first-order chi connectivity index (χ1) is 14.9. The normalized spacial score (nSPS) is 24.7. The number of nitrogens with two attached hydrogens (primary N) is 1. The standard InChI is InChI=1S/C24H29N5OS/c1-24(21-13-19(16-31-21)18-5-3-4-17(12-18)15-25)14-22(26)28(2)23(30)20(24)6-9-29-10-7-27-8-11-29/h3-5,12-14,16,20,27H,6-11,26H2,1-2H3/t20-,24-/m0/s1. The minimum absolute atomic E-state index is 0.0825. The molecule has 3 heterocycles. The van der Waals surface area contributed by atoms with Crippen LogP contribution < -0.4 is 11.1 Å². The molecule has 2 aliphatic rings. The fraction of sp³-hybridized carbons (Fsp3) is 0.417. The van der Waals surface area contributed by atoms with E-state index in [4.69, 9.17) is 5.73 Å². The zero-order valence-corrected chi connectivity index (χ0v) is 18.9. The monoisotopic (exact) mass is 435 g/mol. The summed E-state index contributed by atoms with van der Waals surface area (Å²) in [5.41, 5.74) is 8.52. The van der Waals surface area contributed by atoms with Gasteiger partial charge in [-0.05, 0) is 53.7 Å². The Labute approximate surface area is 188 Å². The Bertz CT molecular complexity index is 1030. The zero-order valence-electron chi connectivity index (χ0n) is 18.1. The Balaban J connectivity index is 1.65. The summed E-state index contributed by atoms with van der Waals surface area (Å²) in [5, 5.41) is 14.7. The summed E-state index contributed by atoms with van der Waals surface area (Å²) >= 11 is 1.66. The van der Waals surface area contributed by atoms with Crippen LogP contribution in [0.1, 0.15) is 23.8 Å². The fourth-order valence-corrected chi connectivity index (χ4v) is 5.68. The average molecular weight is 436 g/mol. The van der Waals surface area contributed by atoms with Crippen molar-refractivity contribution in [1.82, 2.24) is 15.1 Å². The molecule has 0 aliphatic carbocycles. The highest BCUT2D eigenvalue weighted by atomic mass is 32.1. The number of allylic oxidation sites excluding steroid dienone is 1. The van der Waals surface area contributed by atoms with Crippen molar-refractivity contribution in [3.63, 3.8) is 0 Å². The van der Waals surface area contributed by atoms with Crippen molar-refractivity contribution in [2.75, 3.05) is 39.8 Å². The quantitative estimate of drug-likeness (QED) is 0.754. The molecule has 2 atom stereocenters. The number of amides is 1. The minimum atomic E-state index is -0.461. The molecule has 1 aromatic carbocycles. The van der Waals surface area contributed by atoms with E-state index in [0.29, 0.717) is 11.4 Å². The number of nitriles is 1. The number of rotatable bonds is 5. The van der Waals surface area contributed by atoms with E-state index >= 15 is 0 Å². The number of nitrogens with one attached hydrogen (secondary N) is 1. The van der Waals surface area contributed by atoms with Crippen LogP contribution in [0.15, 0.2) is 47.6 Å². The van der Waals surface area contributed by atoms with Gasteiger partial charge in [0.25, 0.3) is 0 Å². The zero-order chi connectivity index (χ0) is 22.0. The maximum atomic E-state index is 13.3. The third kappa shape index (κ3) is 4.24. The number of benzene rings is 1. The molecule has 162 valence electrons. The largest absolute Gasteiger partial charge is 0.385 e. The average Bonchev–Trinajstić information content (AvgIpc) is 3.29. The predicted octanol–water partition coefficient (Wildman–Crippen LogP) is 2.73. The van der Waals surface area contributed by atoms with Crippen molar-refractivity contribution in [3.05, 3.63) is 58.0 Å². The third-order valence-corrected chi connectivity index (χ3v) is 7.77. The molecule has 1 fully saturated rings. The van der Waals surface area contributed by atoms with Crippen molar-refractivity contribution < 1.29 is 4.79 Å². The second-order valence-corrected chi connectivity index (χ2v) is 9.49. The highest BCUT2D eigenvalue weighted by molar-refractivity contribution is 7.10. The Morgan fingerprint density at radius 2 is 2.06 bits per heavy atom. The van der Waals surface area contributed by atoms with Crippen LogP contribution in [-0.4, -0.2) is 55.5 Å². The molecule has 31 heavy (non-hydrogen) atoms. The topological polar surface area (TPSA) is 85.4 Å². The molecule has 0 radical (unpaired) electrons. The van der Waals surface area contributed by atoms with Gasteiger partial charge in [-0.1, -0.05) is 19.1 Å². The molecule has 0 saturated carbocycles. The summed E-state index contributed by atoms with van der Waals surface area (Å²) in [5.74, 6) is 0.419. The third-order valence-electron chi connectivity index (χ3n) is 6.59. The van der Waals surface area contributed by atoms with Crippen molar-refractivity contribution in [3.8, 4) is 17.2 Å². The summed E-state index contributed by atoms with van der Waals surface area (Å²) in [6, 6.07) is 12.0. The number of carbonyl (C=O) groups excluding carboxylic acids is 1. The Hall–Kier alpha value is -2.66. The summed E-state index contributed by atoms with van der Waals surface area (Å²) in [6.45, 7) is 7.07. The lowest BCUT2D eigenvalue weighted by Crippen LogP contribution is -2.51. The lowest BCUT2D eigenvalue weighted by Gasteiger charge is -2.42. The van der Waals surface area contributed by atoms with E-state index in [-0.39, 0.29) is 11.8 Å². The van der Waals surface area contributed by atoms with E-state index in [1.54, 1.807) is 23.3 Å². The summed E-state index contributed by atoms with van der Waals surface area (Å²) in [4.78, 5) is 18.4. The van der Waals surface area contributed by atoms with Crippen molar-refractivity contribution in [1.29, 1.82) is 5.26 Å². The van der Waals surface area contributed by atoms with Gasteiger partial charge < -0.3 is 20.9 Å². The van der Waals surface area contributed by atoms with E-state index in [2.05, 4.69) is 40.7 Å². The molecule has 2 aliphatic heterocycles. The number of hydrogen-bond acceptors (Lipinski definition) is 6. The Kier molecular flexibility index (Phi) is 6.15. The predicted molar refractivity (Wildman–Crippen MR) is 124 cm³/mol. The van der Waals surface area contributed by atoms with Gasteiger partial charge in [-0.15, -0.1) is 11.3 Å². The van der Waals surface area contributed by atoms with Gasteiger partial charge in [0.2, 0.25) is 5.91 Å². The maximum Gasteiger partial charge on any atom is 0.232 e. The van der Waals surface area contributed by atoms with E-state index in [9.17, 15) is 10.1 Å². The summed E-state index contributed by atoms with van der Waals surface area (Å²) in [6.07, 6.45) is 2.85. The number of thiophene rings is 1. The molecule has 1 saturated heterocycles. The Morgan fingerprint density at radius 3 is 2.81 bits per heavy atom. The van der Waals surface area contributed by atoms with Gasteiger partial charge in [0.15, 0.2) is 0 Å². The van der Waals surface area contributed by atoms with Crippen LogP contribution in [0.5, 0.6) is 0 Å². The van der Waals surface area contributed by atoms with Crippen molar-refractivity contribution >= 4 is 17.2 Å². The molecular formula is C24H29N5OS. The molecule has 4 rings (SSSR count). The molecule has 0 bridgehead atoms. The first-order valence-electron chi connectivity index (χ1n) is 10.7. The molecule has 0 spiro atoms. The van der Waals surface area contributed by atoms with Gasteiger partial charge in [0, 0.05) is 43.5 Å². The van der Waals surface area contributed by atoms with E-state index in [1.807, 2.05) is 24.3 Å². The molecule has 0 unspecified atom stereocenters. The molecule has 3 N–H and O–H groups in total. The van der Waals surface area contributed by atoms with Gasteiger partial charge in [-0.25, -0.2) is 0 Å².